The maximum absolute atomic E-state index is 13.6. The highest BCUT2D eigenvalue weighted by Crippen LogP contribution is 2.39. The molecule has 0 amide bonds. The zero-order chi connectivity index (χ0) is 25.1. The largest absolute Gasteiger partial charge is 0.493 e. The molecule has 184 valence electrons. The van der Waals surface area contributed by atoms with Crippen molar-refractivity contribution in [3.63, 3.8) is 0 Å². The molecule has 2 N–H and O–H groups in total. The lowest BCUT2D eigenvalue weighted by Crippen LogP contribution is -2.25. The lowest BCUT2D eigenvalue weighted by atomic mass is 9.96. The van der Waals surface area contributed by atoms with Crippen molar-refractivity contribution in [2.75, 3.05) is 12.4 Å². The Balaban J connectivity index is 1.79. The Kier molecular flexibility index (Phi) is 7.36. The van der Waals surface area contributed by atoms with Crippen molar-refractivity contribution in [3.05, 3.63) is 57.6 Å². The normalized spacial score (nSPS) is 13.5. The third-order valence-corrected chi connectivity index (χ3v) is 6.60. The van der Waals surface area contributed by atoms with Crippen LogP contribution in [0, 0.1) is 5.82 Å². The monoisotopic (exact) mass is 566 g/mol. The van der Waals surface area contributed by atoms with E-state index in [2.05, 4.69) is 31.3 Å². The second kappa shape index (κ2) is 10.4. The highest BCUT2D eigenvalue weighted by atomic mass is 79.9. The molecule has 3 aromatic rings. The SMILES string of the molecule is COc1cc(F)ccc1Oc1nccc([C@H](C(=O)O)n2nc(NC=S(=O)=O)c3c2CCCC3)c1Br. The van der Waals surface area contributed by atoms with Gasteiger partial charge < -0.3 is 19.9 Å². The van der Waals surface area contributed by atoms with E-state index in [-0.39, 0.29) is 21.9 Å². The summed E-state index contributed by atoms with van der Waals surface area (Å²) in [4.78, 5) is 16.7. The molecule has 1 atom stereocenters. The molecule has 1 aromatic carbocycles. The van der Waals surface area contributed by atoms with Crippen molar-refractivity contribution in [2.24, 2.45) is 0 Å². The minimum atomic E-state index is -2.46. The molecule has 0 aliphatic heterocycles. The number of hydrogen-bond acceptors (Lipinski definition) is 7. The summed E-state index contributed by atoms with van der Waals surface area (Å²) in [5, 5.41) is 17.3. The molecule has 0 saturated heterocycles. The van der Waals surface area contributed by atoms with E-state index in [1.165, 1.54) is 36.2 Å². The molecule has 2 aromatic heterocycles. The number of aromatic nitrogens is 3. The first-order valence-electron chi connectivity index (χ1n) is 10.5. The number of hydrogen-bond donors (Lipinski definition) is 2. The van der Waals surface area contributed by atoms with Crippen molar-refractivity contribution in [3.8, 4) is 17.4 Å². The van der Waals surface area contributed by atoms with Crippen LogP contribution in [0.15, 0.2) is 34.9 Å². The van der Waals surface area contributed by atoms with Crippen LogP contribution in [0.4, 0.5) is 10.2 Å². The van der Waals surface area contributed by atoms with Gasteiger partial charge in [-0.25, -0.2) is 18.9 Å². The average Bonchev–Trinajstić information content (AvgIpc) is 3.19. The molecule has 1 aliphatic rings. The van der Waals surface area contributed by atoms with Crippen LogP contribution >= 0.6 is 15.9 Å². The summed E-state index contributed by atoms with van der Waals surface area (Å²) in [6, 6.07) is 4.00. The number of nitrogens with one attached hydrogen (secondary N) is 1. The second-order valence-corrected chi connectivity index (χ2v) is 9.16. The molecule has 0 radical (unpaired) electrons. The van der Waals surface area contributed by atoms with Crippen molar-refractivity contribution in [2.45, 2.75) is 31.7 Å². The zero-order valence-electron chi connectivity index (χ0n) is 18.4. The summed E-state index contributed by atoms with van der Waals surface area (Å²) in [6.45, 7) is 0. The smallest absolute Gasteiger partial charge is 0.333 e. The van der Waals surface area contributed by atoms with Gasteiger partial charge in [0.2, 0.25) is 16.2 Å². The number of nitrogens with zero attached hydrogens (tertiary/aromatic N) is 3. The molecule has 0 spiro atoms. The van der Waals surface area contributed by atoms with Crippen LogP contribution in [0.5, 0.6) is 17.4 Å². The number of aliphatic carboxylic acids is 1. The predicted octanol–water partition coefficient (Wildman–Crippen LogP) is 3.58. The van der Waals surface area contributed by atoms with Gasteiger partial charge in [-0.1, -0.05) is 0 Å². The fourth-order valence-electron chi connectivity index (χ4n) is 3.98. The van der Waals surface area contributed by atoms with Gasteiger partial charge in [-0.2, -0.15) is 13.5 Å². The van der Waals surface area contributed by atoms with E-state index in [9.17, 15) is 22.7 Å². The summed E-state index contributed by atoms with van der Waals surface area (Å²) >= 11 is 3.41. The molecular weight excluding hydrogens is 547 g/mol. The Labute approximate surface area is 209 Å². The van der Waals surface area contributed by atoms with Crippen molar-refractivity contribution < 1.29 is 32.2 Å². The van der Waals surface area contributed by atoms with E-state index in [1.807, 2.05) is 0 Å². The first-order valence-corrected chi connectivity index (χ1v) is 12.4. The maximum atomic E-state index is 13.6. The average molecular weight is 567 g/mol. The third-order valence-electron chi connectivity index (χ3n) is 5.49. The lowest BCUT2D eigenvalue weighted by molar-refractivity contribution is -0.139. The van der Waals surface area contributed by atoms with Gasteiger partial charge in [-0.05, 0) is 59.8 Å². The maximum Gasteiger partial charge on any atom is 0.333 e. The van der Waals surface area contributed by atoms with Crippen LogP contribution < -0.4 is 14.8 Å². The minimum Gasteiger partial charge on any atom is -0.493 e. The van der Waals surface area contributed by atoms with Crippen LogP contribution in [0.2, 0.25) is 0 Å². The third kappa shape index (κ3) is 5.15. The van der Waals surface area contributed by atoms with Crippen molar-refractivity contribution >= 4 is 43.5 Å². The van der Waals surface area contributed by atoms with Crippen molar-refractivity contribution in [1.82, 2.24) is 14.8 Å². The first kappa shape index (κ1) is 24.7. The molecular formula is C22H20BrFN4O6S. The lowest BCUT2D eigenvalue weighted by Gasteiger charge is -2.21. The summed E-state index contributed by atoms with van der Waals surface area (Å²) in [7, 11) is -1.09. The molecule has 1 aliphatic carbocycles. The van der Waals surface area contributed by atoms with Gasteiger partial charge in [-0.15, -0.1) is 0 Å². The number of rotatable bonds is 8. The summed E-state index contributed by atoms with van der Waals surface area (Å²) in [5.74, 6) is -1.01. The van der Waals surface area contributed by atoms with Crippen LogP contribution in [-0.4, -0.2) is 46.9 Å². The van der Waals surface area contributed by atoms with Gasteiger partial charge >= 0.3 is 5.97 Å². The zero-order valence-corrected chi connectivity index (χ0v) is 20.8. The number of carboxylic acid groups (broad SMARTS) is 1. The van der Waals surface area contributed by atoms with E-state index in [0.717, 1.165) is 30.0 Å². The highest BCUT2D eigenvalue weighted by Gasteiger charge is 2.32. The molecule has 35 heavy (non-hydrogen) atoms. The topological polar surface area (TPSA) is 133 Å². The van der Waals surface area contributed by atoms with Gasteiger partial charge in [0, 0.05) is 29.1 Å². The summed E-state index contributed by atoms with van der Waals surface area (Å²) in [6.07, 6.45) is 4.34. The number of ether oxygens (including phenoxy) is 2. The number of carboxylic acids is 1. The number of pyridine rings is 1. The van der Waals surface area contributed by atoms with Gasteiger partial charge in [0.15, 0.2) is 23.4 Å². The number of halogens is 2. The number of carbonyl (C=O) groups is 1. The van der Waals surface area contributed by atoms with Gasteiger partial charge in [0.1, 0.15) is 11.3 Å². The Bertz CT molecular complexity index is 1420. The standard InChI is InChI=1S/C22H20BrFN4O6S/c1-33-17-10-12(24)6-7-16(17)34-21-18(23)14(8-9-25-21)19(22(29)30)28-15-5-3-2-4-13(15)20(27-28)26-11-35(31)32/h6-11,19H,2-5H2,1H3,(H,26,27)(H,29,30)/t19-/m1/s1. The molecule has 0 fully saturated rings. The summed E-state index contributed by atoms with van der Waals surface area (Å²) < 4.78 is 48.2. The Morgan fingerprint density at radius 1 is 1.29 bits per heavy atom. The number of benzene rings is 1. The van der Waals surface area contributed by atoms with Gasteiger partial charge in [0.05, 0.1) is 11.6 Å². The van der Waals surface area contributed by atoms with Crippen molar-refractivity contribution in [1.29, 1.82) is 0 Å². The first-order chi connectivity index (χ1) is 16.8. The van der Waals surface area contributed by atoms with Gasteiger partial charge in [0.25, 0.3) is 0 Å². The Morgan fingerprint density at radius 3 is 2.77 bits per heavy atom. The molecule has 0 bridgehead atoms. The second-order valence-electron chi connectivity index (χ2n) is 7.61. The molecule has 2 heterocycles. The van der Waals surface area contributed by atoms with Crippen LogP contribution in [-0.2, 0) is 27.9 Å². The number of anilines is 1. The van der Waals surface area contributed by atoms with E-state index < -0.39 is 28.1 Å². The van der Waals surface area contributed by atoms with Crippen LogP contribution in [0.1, 0.15) is 35.7 Å². The summed E-state index contributed by atoms with van der Waals surface area (Å²) in [5.41, 5.74) is 2.66. The molecule has 10 nitrogen and oxygen atoms in total. The van der Waals surface area contributed by atoms with E-state index >= 15 is 0 Å². The number of methoxy groups -OCH3 is 1. The van der Waals surface area contributed by atoms with Gasteiger partial charge in [-0.3, -0.25) is 0 Å². The fraction of sp³-hybridized carbons (Fsp3) is 0.273. The molecule has 0 saturated carbocycles. The Hall–Kier alpha value is -3.45. The molecule has 4 rings (SSSR count). The fourth-order valence-corrected chi connectivity index (χ4v) is 4.72. The minimum absolute atomic E-state index is 0.0492. The molecule has 13 heteroatoms. The molecule has 0 unspecified atom stereocenters. The number of fused-ring (bicyclic) bond motifs is 1. The Morgan fingerprint density at radius 2 is 2.06 bits per heavy atom. The van der Waals surface area contributed by atoms with Crippen LogP contribution in [0.25, 0.3) is 0 Å². The van der Waals surface area contributed by atoms with E-state index in [0.29, 0.717) is 29.9 Å². The van der Waals surface area contributed by atoms with E-state index in [1.54, 1.807) is 0 Å². The quantitative estimate of drug-likeness (QED) is 0.392. The predicted molar refractivity (Wildman–Crippen MR) is 128 cm³/mol. The van der Waals surface area contributed by atoms with E-state index in [4.69, 9.17) is 9.47 Å². The van der Waals surface area contributed by atoms with Crippen LogP contribution in [0.3, 0.4) is 0 Å². The highest BCUT2D eigenvalue weighted by molar-refractivity contribution is 9.10.